The average molecular weight is 258 g/mol. The molecule has 0 spiro atoms. The van der Waals surface area contributed by atoms with Gasteiger partial charge in [0.15, 0.2) is 0 Å². The van der Waals surface area contributed by atoms with Gasteiger partial charge < -0.3 is 9.73 Å². The zero-order valence-corrected chi connectivity index (χ0v) is 11.0. The van der Waals surface area contributed by atoms with E-state index >= 15 is 0 Å². The highest BCUT2D eigenvalue weighted by Gasteiger charge is 2.11. The van der Waals surface area contributed by atoms with Crippen LogP contribution in [-0.4, -0.2) is 18.6 Å². The average Bonchev–Trinajstić information content (AvgIpc) is 3.02. The van der Waals surface area contributed by atoms with E-state index in [0.29, 0.717) is 0 Å². The third-order valence-electron chi connectivity index (χ3n) is 2.89. The van der Waals surface area contributed by atoms with Gasteiger partial charge in [0.05, 0.1) is 11.3 Å². The van der Waals surface area contributed by atoms with E-state index in [1.54, 1.807) is 17.6 Å². The van der Waals surface area contributed by atoms with Crippen LogP contribution in [0.5, 0.6) is 0 Å². The largest absolute Gasteiger partial charge is 0.464 e. The molecule has 0 aliphatic heterocycles. The standard InChI is InChI=1S/C14H14N2OS/c1-15-7-6-10-9-18-14(16-10)12-8-17-13-5-3-2-4-11(12)13/h2-5,8-9,15H,6-7H2,1H3. The van der Waals surface area contributed by atoms with Crippen molar-refractivity contribution in [1.82, 2.24) is 10.3 Å². The van der Waals surface area contributed by atoms with Crippen molar-refractivity contribution < 1.29 is 4.42 Å². The van der Waals surface area contributed by atoms with Gasteiger partial charge in [-0.2, -0.15) is 0 Å². The molecule has 1 aromatic carbocycles. The van der Waals surface area contributed by atoms with Crippen LogP contribution in [0.2, 0.25) is 0 Å². The number of furan rings is 1. The Balaban J connectivity index is 1.96. The molecule has 3 aromatic rings. The first kappa shape index (κ1) is 11.4. The molecule has 2 heterocycles. The van der Waals surface area contributed by atoms with Gasteiger partial charge in [-0.25, -0.2) is 4.98 Å². The molecule has 0 aliphatic rings. The number of para-hydroxylation sites is 1. The van der Waals surface area contributed by atoms with Gasteiger partial charge in [-0.05, 0) is 13.1 Å². The quantitative estimate of drug-likeness (QED) is 0.780. The fourth-order valence-corrected chi connectivity index (χ4v) is 2.82. The molecule has 0 saturated heterocycles. The Morgan fingerprint density at radius 3 is 3.11 bits per heavy atom. The molecule has 0 amide bonds. The Hall–Kier alpha value is -1.65. The van der Waals surface area contributed by atoms with Crippen LogP contribution in [0.4, 0.5) is 0 Å². The van der Waals surface area contributed by atoms with Crippen molar-refractivity contribution in [3.63, 3.8) is 0 Å². The number of nitrogens with zero attached hydrogens (tertiary/aromatic N) is 1. The lowest BCUT2D eigenvalue weighted by Gasteiger charge is -1.94. The summed E-state index contributed by atoms with van der Waals surface area (Å²) in [6, 6.07) is 8.06. The number of rotatable bonds is 4. The smallest absolute Gasteiger partial charge is 0.134 e. The summed E-state index contributed by atoms with van der Waals surface area (Å²) in [7, 11) is 1.96. The van der Waals surface area contributed by atoms with Crippen LogP contribution in [0.15, 0.2) is 40.3 Å². The number of benzene rings is 1. The van der Waals surface area contributed by atoms with E-state index in [4.69, 9.17) is 4.42 Å². The highest BCUT2D eigenvalue weighted by molar-refractivity contribution is 7.13. The predicted molar refractivity (Wildman–Crippen MR) is 75.0 cm³/mol. The van der Waals surface area contributed by atoms with E-state index in [9.17, 15) is 0 Å². The molecular weight excluding hydrogens is 244 g/mol. The zero-order valence-electron chi connectivity index (χ0n) is 10.1. The number of aromatic nitrogens is 1. The maximum Gasteiger partial charge on any atom is 0.134 e. The molecule has 0 saturated carbocycles. The Morgan fingerprint density at radius 2 is 2.22 bits per heavy atom. The predicted octanol–water partition coefficient (Wildman–Crippen LogP) is 3.32. The second kappa shape index (κ2) is 4.92. The van der Waals surface area contributed by atoms with Crippen molar-refractivity contribution in [1.29, 1.82) is 0 Å². The second-order valence-electron chi connectivity index (χ2n) is 4.14. The van der Waals surface area contributed by atoms with Crippen LogP contribution in [0.1, 0.15) is 5.69 Å². The molecule has 92 valence electrons. The summed E-state index contributed by atoms with van der Waals surface area (Å²) in [5.74, 6) is 0. The molecule has 3 rings (SSSR count). The van der Waals surface area contributed by atoms with Crippen molar-refractivity contribution in [2.45, 2.75) is 6.42 Å². The maximum atomic E-state index is 5.55. The highest BCUT2D eigenvalue weighted by Crippen LogP contribution is 2.32. The molecule has 2 aromatic heterocycles. The molecule has 0 aliphatic carbocycles. The van der Waals surface area contributed by atoms with Crippen molar-refractivity contribution in [3.8, 4) is 10.6 Å². The van der Waals surface area contributed by atoms with Crippen LogP contribution in [0, 0.1) is 0 Å². The lowest BCUT2D eigenvalue weighted by molar-refractivity contribution is 0.617. The number of fused-ring (bicyclic) bond motifs is 1. The first-order valence-electron chi connectivity index (χ1n) is 5.94. The summed E-state index contributed by atoms with van der Waals surface area (Å²) >= 11 is 1.67. The highest BCUT2D eigenvalue weighted by atomic mass is 32.1. The third-order valence-corrected chi connectivity index (χ3v) is 3.82. The SMILES string of the molecule is CNCCc1csc(-c2coc3ccccc23)n1. The first-order chi connectivity index (χ1) is 8.88. The molecule has 0 unspecified atom stereocenters. The van der Waals surface area contributed by atoms with E-state index in [1.807, 2.05) is 25.2 Å². The van der Waals surface area contributed by atoms with Gasteiger partial charge in [0.2, 0.25) is 0 Å². The Kier molecular flexibility index (Phi) is 3.13. The van der Waals surface area contributed by atoms with Gasteiger partial charge in [-0.1, -0.05) is 18.2 Å². The van der Waals surface area contributed by atoms with Crippen LogP contribution in [0.3, 0.4) is 0 Å². The summed E-state index contributed by atoms with van der Waals surface area (Å²) in [6.45, 7) is 0.954. The minimum Gasteiger partial charge on any atom is -0.464 e. The summed E-state index contributed by atoms with van der Waals surface area (Å²) in [6.07, 6.45) is 2.76. The monoisotopic (exact) mass is 258 g/mol. The molecule has 0 radical (unpaired) electrons. The van der Waals surface area contributed by atoms with Crippen molar-refractivity contribution >= 4 is 22.3 Å². The summed E-state index contributed by atoms with van der Waals surface area (Å²) < 4.78 is 5.55. The molecule has 18 heavy (non-hydrogen) atoms. The molecule has 3 nitrogen and oxygen atoms in total. The van der Waals surface area contributed by atoms with E-state index in [0.717, 1.165) is 40.2 Å². The fourth-order valence-electron chi connectivity index (χ4n) is 1.94. The van der Waals surface area contributed by atoms with Crippen molar-refractivity contribution in [2.24, 2.45) is 0 Å². The molecule has 0 atom stereocenters. The normalized spacial score (nSPS) is 11.2. The minimum atomic E-state index is 0.916. The van der Waals surface area contributed by atoms with Crippen LogP contribution in [0.25, 0.3) is 21.5 Å². The van der Waals surface area contributed by atoms with Gasteiger partial charge in [0.1, 0.15) is 16.9 Å². The number of thiazole rings is 1. The minimum absolute atomic E-state index is 0.916. The fraction of sp³-hybridized carbons (Fsp3) is 0.214. The first-order valence-corrected chi connectivity index (χ1v) is 6.82. The molecule has 1 N–H and O–H groups in total. The molecule has 4 heteroatoms. The number of hydrogen-bond acceptors (Lipinski definition) is 4. The molecular formula is C14H14N2OS. The zero-order chi connectivity index (χ0) is 12.4. The Morgan fingerprint density at radius 1 is 1.33 bits per heavy atom. The summed E-state index contributed by atoms with van der Waals surface area (Å²) in [4.78, 5) is 4.66. The van der Waals surface area contributed by atoms with E-state index in [1.165, 1.54) is 0 Å². The lowest BCUT2D eigenvalue weighted by atomic mass is 10.2. The van der Waals surface area contributed by atoms with E-state index < -0.39 is 0 Å². The van der Waals surface area contributed by atoms with Crippen molar-refractivity contribution in [3.05, 3.63) is 41.6 Å². The van der Waals surface area contributed by atoms with Crippen LogP contribution < -0.4 is 5.32 Å². The van der Waals surface area contributed by atoms with E-state index in [2.05, 4.69) is 21.7 Å². The summed E-state index contributed by atoms with van der Waals surface area (Å²) in [5.41, 5.74) is 3.14. The summed E-state index contributed by atoms with van der Waals surface area (Å²) in [5, 5.41) is 7.42. The van der Waals surface area contributed by atoms with Crippen LogP contribution >= 0.6 is 11.3 Å². The van der Waals surface area contributed by atoms with Gasteiger partial charge in [-0.15, -0.1) is 11.3 Å². The third kappa shape index (κ3) is 2.05. The topological polar surface area (TPSA) is 38.1 Å². The van der Waals surface area contributed by atoms with Crippen LogP contribution in [-0.2, 0) is 6.42 Å². The van der Waals surface area contributed by atoms with Crippen molar-refractivity contribution in [2.75, 3.05) is 13.6 Å². The van der Waals surface area contributed by atoms with E-state index in [-0.39, 0.29) is 0 Å². The number of likely N-dealkylation sites (N-methyl/N-ethyl adjacent to an activating group) is 1. The number of nitrogens with one attached hydrogen (secondary N) is 1. The molecule has 0 fully saturated rings. The van der Waals surface area contributed by atoms with Gasteiger partial charge in [-0.3, -0.25) is 0 Å². The Bertz CT molecular complexity index is 656. The maximum absolute atomic E-state index is 5.55. The lowest BCUT2D eigenvalue weighted by Crippen LogP contribution is -2.10. The van der Waals surface area contributed by atoms with Gasteiger partial charge in [0.25, 0.3) is 0 Å². The molecule has 0 bridgehead atoms. The number of hydrogen-bond donors (Lipinski definition) is 1. The Labute approximate surface area is 109 Å². The van der Waals surface area contributed by atoms with Gasteiger partial charge in [0, 0.05) is 23.7 Å². The van der Waals surface area contributed by atoms with Gasteiger partial charge >= 0.3 is 0 Å². The second-order valence-corrected chi connectivity index (χ2v) is 5.00.